The van der Waals surface area contributed by atoms with E-state index in [9.17, 15) is 0 Å². The molecule has 0 N–H and O–H groups in total. The Morgan fingerprint density at radius 3 is 2.54 bits per heavy atom. The first-order valence-corrected chi connectivity index (χ1v) is 9.25. The molecule has 3 aromatic rings. The standard InChI is InChI=1S/C23H20ClN3O/c1-15-4-9-22(26-13-15)23(19-7-5-16(2)21(24)11-19)27-28-14-18-6-8-20(12-25)17(3)10-18/h4-11,13H,14H2,1-3H3/b27-23+. The summed E-state index contributed by atoms with van der Waals surface area (Å²) >= 11 is 6.30. The third kappa shape index (κ3) is 4.57. The molecular formula is C23H20ClN3O. The first-order chi connectivity index (χ1) is 13.5. The number of nitriles is 1. The summed E-state index contributed by atoms with van der Waals surface area (Å²) < 4.78 is 0. The molecule has 0 bridgehead atoms. The molecule has 0 aliphatic rings. The molecule has 5 heteroatoms. The Bertz CT molecular complexity index is 1070. The summed E-state index contributed by atoms with van der Waals surface area (Å²) in [7, 11) is 0. The predicted octanol–water partition coefficient (Wildman–Crippen LogP) is 5.50. The molecule has 0 fully saturated rings. The molecule has 0 amide bonds. The monoisotopic (exact) mass is 389 g/mol. The van der Waals surface area contributed by atoms with Crippen molar-refractivity contribution in [3.05, 3.63) is 98.8 Å². The molecule has 0 aliphatic carbocycles. The Labute approximate surface area is 170 Å². The maximum absolute atomic E-state index is 9.05. The van der Waals surface area contributed by atoms with Crippen LogP contribution in [-0.4, -0.2) is 10.7 Å². The van der Waals surface area contributed by atoms with Crippen molar-refractivity contribution >= 4 is 17.3 Å². The molecular weight excluding hydrogens is 370 g/mol. The molecule has 4 nitrogen and oxygen atoms in total. The Morgan fingerprint density at radius 2 is 1.89 bits per heavy atom. The van der Waals surface area contributed by atoms with Crippen LogP contribution in [0.2, 0.25) is 5.02 Å². The zero-order chi connectivity index (χ0) is 20.1. The van der Waals surface area contributed by atoms with Gasteiger partial charge in [-0.1, -0.05) is 47.1 Å². The Hall–Kier alpha value is -3.16. The van der Waals surface area contributed by atoms with Crippen molar-refractivity contribution in [1.29, 1.82) is 5.26 Å². The van der Waals surface area contributed by atoms with E-state index in [1.807, 2.05) is 63.2 Å². The number of rotatable bonds is 5. The second-order valence-electron chi connectivity index (χ2n) is 6.66. The largest absolute Gasteiger partial charge is 0.390 e. The molecule has 140 valence electrons. The number of aromatic nitrogens is 1. The first kappa shape index (κ1) is 19.6. The lowest BCUT2D eigenvalue weighted by atomic mass is 10.0. The van der Waals surface area contributed by atoms with Crippen molar-refractivity contribution in [3.63, 3.8) is 0 Å². The number of hydrogen-bond acceptors (Lipinski definition) is 4. The number of aryl methyl sites for hydroxylation is 3. The third-order valence-corrected chi connectivity index (χ3v) is 4.80. The summed E-state index contributed by atoms with van der Waals surface area (Å²) in [6.45, 7) is 6.14. The van der Waals surface area contributed by atoms with Gasteiger partial charge in [-0.05, 0) is 61.2 Å². The van der Waals surface area contributed by atoms with Crippen LogP contribution in [0.4, 0.5) is 0 Å². The number of oxime groups is 1. The molecule has 28 heavy (non-hydrogen) atoms. The molecule has 0 aliphatic heterocycles. The van der Waals surface area contributed by atoms with Crippen LogP contribution in [0, 0.1) is 32.1 Å². The minimum absolute atomic E-state index is 0.293. The van der Waals surface area contributed by atoms with Crippen molar-refractivity contribution in [2.75, 3.05) is 0 Å². The Morgan fingerprint density at radius 1 is 1.07 bits per heavy atom. The van der Waals surface area contributed by atoms with Gasteiger partial charge in [0.1, 0.15) is 12.3 Å². The van der Waals surface area contributed by atoms with Gasteiger partial charge in [-0.15, -0.1) is 0 Å². The highest BCUT2D eigenvalue weighted by Crippen LogP contribution is 2.20. The Kier molecular flexibility index (Phi) is 6.08. The van der Waals surface area contributed by atoms with Crippen molar-refractivity contribution in [2.45, 2.75) is 27.4 Å². The second-order valence-corrected chi connectivity index (χ2v) is 7.07. The predicted molar refractivity (Wildman–Crippen MR) is 111 cm³/mol. The zero-order valence-corrected chi connectivity index (χ0v) is 16.8. The third-order valence-electron chi connectivity index (χ3n) is 4.40. The van der Waals surface area contributed by atoms with Gasteiger partial charge in [0, 0.05) is 16.8 Å². The average Bonchev–Trinajstić information content (AvgIpc) is 2.69. The molecule has 0 atom stereocenters. The van der Waals surface area contributed by atoms with Crippen LogP contribution in [0.3, 0.4) is 0 Å². The highest BCUT2D eigenvalue weighted by Gasteiger charge is 2.11. The zero-order valence-electron chi connectivity index (χ0n) is 16.0. The van der Waals surface area contributed by atoms with E-state index in [0.717, 1.165) is 27.8 Å². The minimum atomic E-state index is 0.293. The van der Waals surface area contributed by atoms with Gasteiger partial charge in [-0.25, -0.2) is 0 Å². The lowest BCUT2D eigenvalue weighted by molar-refractivity contribution is 0.131. The van der Waals surface area contributed by atoms with Crippen LogP contribution < -0.4 is 0 Å². The van der Waals surface area contributed by atoms with E-state index in [4.69, 9.17) is 21.7 Å². The van der Waals surface area contributed by atoms with Crippen LogP contribution in [0.1, 0.15) is 39.1 Å². The lowest BCUT2D eigenvalue weighted by Crippen LogP contribution is -2.07. The highest BCUT2D eigenvalue weighted by molar-refractivity contribution is 6.32. The minimum Gasteiger partial charge on any atom is -0.390 e. The van der Waals surface area contributed by atoms with E-state index in [2.05, 4.69) is 16.2 Å². The summed E-state index contributed by atoms with van der Waals surface area (Å²) in [5.41, 5.74) is 6.74. The summed E-state index contributed by atoms with van der Waals surface area (Å²) in [5, 5.41) is 14.1. The summed E-state index contributed by atoms with van der Waals surface area (Å²) in [6, 6.07) is 17.4. The molecule has 0 saturated heterocycles. The van der Waals surface area contributed by atoms with Crippen molar-refractivity contribution in [1.82, 2.24) is 4.98 Å². The van der Waals surface area contributed by atoms with Gasteiger partial charge in [0.05, 0.1) is 17.3 Å². The molecule has 2 aromatic carbocycles. The quantitative estimate of drug-likeness (QED) is 0.427. The normalized spacial score (nSPS) is 11.2. The molecule has 0 radical (unpaired) electrons. The van der Waals surface area contributed by atoms with E-state index in [1.54, 1.807) is 12.3 Å². The fourth-order valence-corrected chi connectivity index (χ4v) is 2.89. The van der Waals surface area contributed by atoms with Gasteiger partial charge in [0.2, 0.25) is 0 Å². The van der Waals surface area contributed by atoms with E-state index < -0.39 is 0 Å². The molecule has 0 unspecified atom stereocenters. The van der Waals surface area contributed by atoms with E-state index in [-0.39, 0.29) is 0 Å². The molecule has 0 saturated carbocycles. The molecule has 3 rings (SSSR count). The molecule has 1 aromatic heterocycles. The van der Waals surface area contributed by atoms with Crippen molar-refractivity contribution < 1.29 is 4.84 Å². The van der Waals surface area contributed by atoms with Gasteiger partial charge >= 0.3 is 0 Å². The first-order valence-electron chi connectivity index (χ1n) is 8.87. The van der Waals surface area contributed by atoms with Crippen LogP contribution in [0.15, 0.2) is 59.9 Å². The van der Waals surface area contributed by atoms with Crippen LogP contribution in [0.5, 0.6) is 0 Å². The van der Waals surface area contributed by atoms with E-state index in [1.165, 1.54) is 0 Å². The topological polar surface area (TPSA) is 58.3 Å². The van der Waals surface area contributed by atoms with E-state index in [0.29, 0.717) is 28.6 Å². The number of halogens is 1. The molecule has 0 spiro atoms. The van der Waals surface area contributed by atoms with Crippen molar-refractivity contribution in [3.8, 4) is 6.07 Å². The maximum Gasteiger partial charge on any atom is 0.142 e. The smallest absolute Gasteiger partial charge is 0.142 e. The van der Waals surface area contributed by atoms with Crippen LogP contribution >= 0.6 is 11.6 Å². The SMILES string of the molecule is Cc1ccc(/C(=N/OCc2ccc(C#N)c(C)c2)c2ccc(C)c(Cl)c2)nc1. The fraction of sp³-hybridized carbons (Fsp3) is 0.174. The van der Waals surface area contributed by atoms with Gasteiger partial charge in [-0.3, -0.25) is 4.98 Å². The van der Waals surface area contributed by atoms with E-state index >= 15 is 0 Å². The van der Waals surface area contributed by atoms with Crippen molar-refractivity contribution in [2.24, 2.45) is 5.16 Å². The summed E-state index contributed by atoms with van der Waals surface area (Å²) in [4.78, 5) is 10.1. The lowest BCUT2D eigenvalue weighted by Gasteiger charge is -2.09. The van der Waals surface area contributed by atoms with Gasteiger partial charge in [0.15, 0.2) is 0 Å². The number of benzene rings is 2. The number of hydrogen-bond donors (Lipinski definition) is 0. The number of nitrogens with zero attached hydrogens (tertiary/aromatic N) is 3. The van der Waals surface area contributed by atoms with Gasteiger partial charge in [-0.2, -0.15) is 5.26 Å². The summed E-state index contributed by atoms with van der Waals surface area (Å²) in [5.74, 6) is 0. The van der Waals surface area contributed by atoms with Gasteiger partial charge < -0.3 is 4.84 Å². The maximum atomic E-state index is 9.05. The molecule has 1 heterocycles. The highest BCUT2D eigenvalue weighted by atomic mass is 35.5. The second kappa shape index (κ2) is 8.69. The van der Waals surface area contributed by atoms with Crippen LogP contribution in [0.25, 0.3) is 0 Å². The number of pyridine rings is 1. The van der Waals surface area contributed by atoms with Crippen LogP contribution in [-0.2, 0) is 11.4 Å². The summed E-state index contributed by atoms with van der Waals surface area (Å²) in [6.07, 6.45) is 1.80. The Balaban J connectivity index is 1.90. The van der Waals surface area contributed by atoms with Gasteiger partial charge in [0.25, 0.3) is 0 Å². The fourth-order valence-electron chi connectivity index (χ4n) is 2.71. The average molecular weight is 390 g/mol.